The Morgan fingerprint density at radius 2 is 2.00 bits per heavy atom. The molecule has 1 aliphatic carbocycles. The van der Waals surface area contributed by atoms with Gasteiger partial charge >= 0.3 is 0 Å². The van der Waals surface area contributed by atoms with Crippen LogP contribution in [0.3, 0.4) is 0 Å². The molecule has 1 heterocycles. The van der Waals surface area contributed by atoms with Gasteiger partial charge in [0, 0.05) is 25.2 Å². The van der Waals surface area contributed by atoms with Crippen molar-refractivity contribution in [1.29, 1.82) is 0 Å². The van der Waals surface area contributed by atoms with Crippen LogP contribution in [0.5, 0.6) is 0 Å². The van der Waals surface area contributed by atoms with Crippen molar-refractivity contribution < 1.29 is 0 Å². The maximum absolute atomic E-state index is 5.94. The standard InChI is InChI=1S/C9H18N2/c1-7-4-8(10)6-11(5-7)9-2-3-9/h7-9H,2-6,10H2,1H3. The highest BCUT2D eigenvalue weighted by Crippen LogP contribution is 2.30. The first-order valence-corrected chi connectivity index (χ1v) is 4.75. The van der Waals surface area contributed by atoms with Crippen LogP contribution in [0.2, 0.25) is 0 Å². The molecule has 0 radical (unpaired) electrons. The topological polar surface area (TPSA) is 29.3 Å². The lowest BCUT2D eigenvalue weighted by Gasteiger charge is -2.34. The first kappa shape index (κ1) is 7.56. The van der Waals surface area contributed by atoms with Gasteiger partial charge in [0.2, 0.25) is 0 Å². The second-order valence-electron chi connectivity index (χ2n) is 4.29. The third kappa shape index (κ3) is 1.74. The van der Waals surface area contributed by atoms with Gasteiger partial charge in [-0.05, 0) is 25.2 Å². The minimum atomic E-state index is 0.444. The van der Waals surface area contributed by atoms with Gasteiger partial charge in [0.15, 0.2) is 0 Å². The van der Waals surface area contributed by atoms with Crippen molar-refractivity contribution in [2.75, 3.05) is 13.1 Å². The van der Waals surface area contributed by atoms with Crippen LogP contribution in [-0.4, -0.2) is 30.1 Å². The van der Waals surface area contributed by atoms with Crippen molar-refractivity contribution in [3.8, 4) is 0 Å². The number of hydrogen-bond donors (Lipinski definition) is 1. The Balaban J connectivity index is 1.89. The number of piperidine rings is 1. The SMILES string of the molecule is CC1CC(N)CN(C2CC2)C1. The van der Waals surface area contributed by atoms with E-state index in [2.05, 4.69) is 11.8 Å². The van der Waals surface area contributed by atoms with Crippen LogP contribution in [0.25, 0.3) is 0 Å². The van der Waals surface area contributed by atoms with Crippen molar-refractivity contribution in [1.82, 2.24) is 4.90 Å². The fourth-order valence-electron chi connectivity index (χ4n) is 2.18. The summed E-state index contributed by atoms with van der Waals surface area (Å²) in [7, 11) is 0. The smallest absolute Gasteiger partial charge is 0.0170 e. The summed E-state index contributed by atoms with van der Waals surface area (Å²) in [6, 6.07) is 1.35. The van der Waals surface area contributed by atoms with E-state index < -0.39 is 0 Å². The van der Waals surface area contributed by atoms with Gasteiger partial charge in [0.1, 0.15) is 0 Å². The van der Waals surface area contributed by atoms with Crippen molar-refractivity contribution in [3.05, 3.63) is 0 Å². The molecular formula is C9H18N2. The Hall–Kier alpha value is -0.0800. The molecule has 1 saturated heterocycles. The Kier molecular flexibility index (Phi) is 1.90. The molecular weight excluding hydrogens is 136 g/mol. The number of nitrogens with zero attached hydrogens (tertiary/aromatic N) is 1. The van der Waals surface area contributed by atoms with Crippen LogP contribution in [-0.2, 0) is 0 Å². The average molecular weight is 154 g/mol. The van der Waals surface area contributed by atoms with Crippen molar-refractivity contribution in [2.24, 2.45) is 11.7 Å². The Morgan fingerprint density at radius 3 is 2.55 bits per heavy atom. The molecule has 2 atom stereocenters. The first-order valence-electron chi connectivity index (χ1n) is 4.75. The van der Waals surface area contributed by atoms with Gasteiger partial charge in [-0.1, -0.05) is 6.92 Å². The molecule has 0 amide bonds. The van der Waals surface area contributed by atoms with Crippen LogP contribution in [0.1, 0.15) is 26.2 Å². The molecule has 2 N–H and O–H groups in total. The lowest BCUT2D eigenvalue weighted by atomic mass is 9.96. The van der Waals surface area contributed by atoms with Gasteiger partial charge < -0.3 is 5.73 Å². The molecule has 2 aliphatic rings. The molecule has 0 spiro atoms. The summed E-state index contributed by atoms with van der Waals surface area (Å²) in [5.74, 6) is 0.819. The van der Waals surface area contributed by atoms with Crippen LogP contribution < -0.4 is 5.73 Å². The molecule has 0 bridgehead atoms. The van der Waals surface area contributed by atoms with E-state index in [0.717, 1.165) is 18.5 Å². The van der Waals surface area contributed by atoms with Gasteiger partial charge in [-0.3, -0.25) is 4.90 Å². The quantitative estimate of drug-likeness (QED) is 0.606. The molecule has 2 nitrogen and oxygen atoms in total. The normalized spacial score (nSPS) is 40.9. The molecule has 2 heteroatoms. The maximum Gasteiger partial charge on any atom is 0.0170 e. The third-order valence-electron chi connectivity index (χ3n) is 2.78. The fraction of sp³-hybridized carbons (Fsp3) is 1.00. The van der Waals surface area contributed by atoms with E-state index in [9.17, 15) is 0 Å². The number of likely N-dealkylation sites (tertiary alicyclic amines) is 1. The molecule has 2 rings (SSSR count). The highest BCUT2D eigenvalue weighted by atomic mass is 15.2. The third-order valence-corrected chi connectivity index (χ3v) is 2.78. The van der Waals surface area contributed by atoms with E-state index in [1.807, 2.05) is 0 Å². The zero-order valence-electron chi connectivity index (χ0n) is 7.29. The van der Waals surface area contributed by atoms with Gasteiger partial charge in [0.25, 0.3) is 0 Å². The minimum Gasteiger partial charge on any atom is -0.327 e. The van der Waals surface area contributed by atoms with E-state index in [1.54, 1.807) is 0 Å². The molecule has 64 valence electrons. The van der Waals surface area contributed by atoms with Crippen molar-refractivity contribution in [2.45, 2.75) is 38.3 Å². The van der Waals surface area contributed by atoms with Gasteiger partial charge in [-0.15, -0.1) is 0 Å². The zero-order chi connectivity index (χ0) is 7.84. The molecule has 11 heavy (non-hydrogen) atoms. The Morgan fingerprint density at radius 1 is 1.27 bits per heavy atom. The number of nitrogens with two attached hydrogens (primary N) is 1. The average Bonchev–Trinajstić information content (AvgIpc) is 2.64. The Labute approximate surface area is 68.7 Å². The molecule has 0 aromatic heterocycles. The van der Waals surface area contributed by atoms with Crippen LogP contribution >= 0.6 is 0 Å². The van der Waals surface area contributed by atoms with E-state index in [-0.39, 0.29) is 0 Å². The van der Waals surface area contributed by atoms with Crippen molar-refractivity contribution in [3.63, 3.8) is 0 Å². The summed E-state index contributed by atoms with van der Waals surface area (Å²) in [6.45, 7) is 4.75. The summed E-state index contributed by atoms with van der Waals surface area (Å²) in [6.07, 6.45) is 4.06. The summed E-state index contributed by atoms with van der Waals surface area (Å²) in [5.41, 5.74) is 5.94. The summed E-state index contributed by atoms with van der Waals surface area (Å²) in [5, 5.41) is 0. The summed E-state index contributed by atoms with van der Waals surface area (Å²) >= 11 is 0. The van der Waals surface area contributed by atoms with Crippen LogP contribution in [0.4, 0.5) is 0 Å². The molecule has 1 saturated carbocycles. The second-order valence-corrected chi connectivity index (χ2v) is 4.29. The highest BCUT2D eigenvalue weighted by Gasteiger charge is 2.33. The number of rotatable bonds is 1. The Bertz CT molecular complexity index is 132. The van der Waals surface area contributed by atoms with E-state index in [0.29, 0.717) is 6.04 Å². The van der Waals surface area contributed by atoms with Crippen LogP contribution in [0, 0.1) is 5.92 Å². The number of hydrogen-bond acceptors (Lipinski definition) is 2. The lowest BCUT2D eigenvalue weighted by Crippen LogP contribution is -2.47. The predicted octanol–water partition coefficient (Wildman–Crippen LogP) is 0.818. The van der Waals surface area contributed by atoms with E-state index in [4.69, 9.17) is 5.73 Å². The van der Waals surface area contributed by atoms with Crippen molar-refractivity contribution >= 4 is 0 Å². The first-order chi connectivity index (χ1) is 5.25. The minimum absolute atomic E-state index is 0.444. The van der Waals surface area contributed by atoms with E-state index >= 15 is 0 Å². The molecule has 0 aromatic rings. The highest BCUT2D eigenvalue weighted by molar-refractivity contribution is 4.90. The monoisotopic (exact) mass is 154 g/mol. The largest absolute Gasteiger partial charge is 0.327 e. The maximum atomic E-state index is 5.94. The predicted molar refractivity (Wildman–Crippen MR) is 46.4 cm³/mol. The summed E-state index contributed by atoms with van der Waals surface area (Å²) in [4.78, 5) is 2.58. The second kappa shape index (κ2) is 2.76. The van der Waals surface area contributed by atoms with Gasteiger partial charge in [0.05, 0.1) is 0 Å². The van der Waals surface area contributed by atoms with Crippen LogP contribution in [0.15, 0.2) is 0 Å². The van der Waals surface area contributed by atoms with Gasteiger partial charge in [-0.25, -0.2) is 0 Å². The molecule has 2 unspecified atom stereocenters. The molecule has 2 fully saturated rings. The van der Waals surface area contributed by atoms with Gasteiger partial charge in [-0.2, -0.15) is 0 Å². The van der Waals surface area contributed by atoms with E-state index in [1.165, 1.54) is 25.8 Å². The molecule has 0 aromatic carbocycles. The summed E-state index contributed by atoms with van der Waals surface area (Å²) < 4.78 is 0. The molecule has 1 aliphatic heterocycles. The fourth-order valence-corrected chi connectivity index (χ4v) is 2.18. The lowest BCUT2D eigenvalue weighted by molar-refractivity contribution is 0.157. The zero-order valence-corrected chi connectivity index (χ0v) is 7.29.